The third-order valence-electron chi connectivity index (χ3n) is 6.77. The molecule has 0 saturated carbocycles. The van der Waals surface area contributed by atoms with E-state index >= 15 is 0 Å². The number of carbonyl (C=O) groups excluding carboxylic acids is 2. The molecule has 1 fully saturated rings. The highest BCUT2D eigenvalue weighted by molar-refractivity contribution is 6.39. The van der Waals surface area contributed by atoms with Crippen LogP contribution in [0.1, 0.15) is 34.1 Å². The predicted molar refractivity (Wildman–Crippen MR) is 117 cm³/mol. The molecule has 3 aromatic carbocycles. The Kier molecular flexibility index (Phi) is 3.66. The summed E-state index contributed by atoms with van der Waals surface area (Å²) in [6, 6.07) is 19.4. The average molecular weight is 435 g/mol. The van der Waals surface area contributed by atoms with Gasteiger partial charge in [0.05, 0.1) is 33.3 Å². The summed E-state index contributed by atoms with van der Waals surface area (Å²) in [6.45, 7) is 0. The summed E-state index contributed by atoms with van der Waals surface area (Å²) >= 11 is 12.4. The van der Waals surface area contributed by atoms with Crippen molar-refractivity contribution in [3.05, 3.63) is 93.0 Å². The van der Waals surface area contributed by atoms with Crippen LogP contribution in [0.2, 0.25) is 10.0 Å². The molecule has 2 bridgehead atoms. The summed E-state index contributed by atoms with van der Waals surface area (Å²) < 4.78 is 0. The van der Waals surface area contributed by atoms with Gasteiger partial charge in [-0.3, -0.25) is 9.59 Å². The lowest BCUT2D eigenvalue weighted by Gasteiger charge is -2.45. The van der Waals surface area contributed by atoms with E-state index in [1.54, 1.807) is 0 Å². The molecule has 2 atom stereocenters. The van der Waals surface area contributed by atoms with Gasteiger partial charge in [-0.15, -0.1) is 0 Å². The van der Waals surface area contributed by atoms with E-state index in [4.69, 9.17) is 28.9 Å². The van der Waals surface area contributed by atoms with Gasteiger partial charge >= 0.3 is 0 Å². The molecule has 0 spiro atoms. The average Bonchev–Trinajstić information content (AvgIpc) is 3.02. The van der Waals surface area contributed by atoms with Crippen molar-refractivity contribution in [2.24, 2.45) is 11.8 Å². The zero-order valence-corrected chi connectivity index (χ0v) is 17.2. The fourth-order valence-corrected chi connectivity index (χ4v) is 6.11. The molecule has 4 aliphatic rings. The summed E-state index contributed by atoms with van der Waals surface area (Å²) in [4.78, 5) is 28.6. The van der Waals surface area contributed by atoms with Crippen molar-refractivity contribution in [2.45, 2.75) is 11.8 Å². The number of imide groups is 1. The fraction of sp³-hybridized carbons (Fsp3) is 0.167. The summed E-state index contributed by atoms with van der Waals surface area (Å²) in [7, 11) is 0. The van der Waals surface area contributed by atoms with Crippen molar-refractivity contribution >= 4 is 46.4 Å². The molecule has 0 radical (unpaired) electrons. The smallest absolute Gasteiger partial charge is 0.238 e. The number of nitrogens with zero attached hydrogens (tertiary/aromatic N) is 1. The molecule has 1 aliphatic heterocycles. The topological polar surface area (TPSA) is 63.4 Å². The van der Waals surface area contributed by atoms with E-state index in [0.29, 0.717) is 5.69 Å². The first-order valence-corrected chi connectivity index (χ1v) is 10.5. The van der Waals surface area contributed by atoms with Crippen molar-refractivity contribution in [2.75, 3.05) is 10.6 Å². The lowest BCUT2D eigenvalue weighted by Crippen LogP contribution is -2.41. The molecule has 30 heavy (non-hydrogen) atoms. The van der Waals surface area contributed by atoms with Crippen molar-refractivity contribution in [1.82, 2.24) is 0 Å². The number of carbonyl (C=O) groups is 2. The second kappa shape index (κ2) is 6.10. The molecule has 6 heteroatoms. The van der Waals surface area contributed by atoms with Crippen LogP contribution in [0.5, 0.6) is 0 Å². The van der Waals surface area contributed by atoms with Crippen molar-refractivity contribution < 1.29 is 9.59 Å². The van der Waals surface area contributed by atoms with E-state index in [0.717, 1.165) is 22.3 Å². The Labute approximate surface area is 183 Å². The lowest BCUT2D eigenvalue weighted by molar-refractivity contribution is -0.122. The molecular formula is C24H16Cl2N2O2. The van der Waals surface area contributed by atoms with E-state index in [9.17, 15) is 9.59 Å². The number of hydrogen-bond donors (Lipinski definition) is 1. The maximum atomic E-state index is 13.7. The van der Waals surface area contributed by atoms with Crippen molar-refractivity contribution in [1.29, 1.82) is 0 Å². The molecule has 2 N–H and O–H groups in total. The Morgan fingerprint density at radius 2 is 1.07 bits per heavy atom. The van der Waals surface area contributed by atoms with Crippen LogP contribution in [0.4, 0.5) is 11.4 Å². The maximum Gasteiger partial charge on any atom is 0.238 e. The standard InChI is InChI=1S/C24H16Cl2N2O2/c25-16-9-11(10-17(26)22(16)27)28-23(29)20-18-12-5-1-2-6-13(12)19(21(20)24(28)30)15-8-4-3-7-14(15)18/h1-10,18-21H,27H2/t18?,19?,20-,21+. The van der Waals surface area contributed by atoms with Crippen LogP contribution in [0, 0.1) is 11.8 Å². The van der Waals surface area contributed by atoms with Gasteiger partial charge in [-0.05, 0) is 34.4 Å². The molecule has 4 nitrogen and oxygen atoms in total. The van der Waals surface area contributed by atoms with Crippen LogP contribution in [0.3, 0.4) is 0 Å². The highest BCUT2D eigenvalue weighted by Crippen LogP contribution is 2.61. The van der Waals surface area contributed by atoms with Gasteiger partial charge in [0.25, 0.3) is 0 Å². The molecule has 3 aromatic rings. The second-order valence-corrected chi connectivity index (χ2v) is 8.91. The van der Waals surface area contributed by atoms with E-state index < -0.39 is 11.8 Å². The Hall–Kier alpha value is -2.82. The van der Waals surface area contributed by atoms with Crippen LogP contribution >= 0.6 is 23.2 Å². The van der Waals surface area contributed by atoms with Crippen LogP contribution in [-0.4, -0.2) is 11.8 Å². The fourth-order valence-electron chi connectivity index (χ4n) is 5.63. The molecule has 2 amide bonds. The minimum Gasteiger partial charge on any atom is -0.396 e. The Bertz CT molecular complexity index is 1130. The van der Waals surface area contributed by atoms with Crippen molar-refractivity contribution in [3.8, 4) is 0 Å². The molecule has 3 aliphatic carbocycles. The number of benzene rings is 3. The quantitative estimate of drug-likeness (QED) is 0.434. The van der Waals surface area contributed by atoms with Gasteiger partial charge in [0, 0.05) is 11.8 Å². The summed E-state index contributed by atoms with van der Waals surface area (Å²) in [5, 5.41) is 0.449. The van der Waals surface area contributed by atoms with E-state index in [-0.39, 0.29) is 39.4 Å². The number of rotatable bonds is 1. The molecule has 0 unspecified atom stereocenters. The number of amides is 2. The third-order valence-corrected chi connectivity index (χ3v) is 7.40. The Morgan fingerprint density at radius 1 is 0.700 bits per heavy atom. The molecule has 0 aromatic heterocycles. The van der Waals surface area contributed by atoms with Crippen molar-refractivity contribution in [3.63, 3.8) is 0 Å². The van der Waals surface area contributed by atoms with E-state index in [2.05, 4.69) is 24.3 Å². The van der Waals surface area contributed by atoms with Gasteiger partial charge in [-0.2, -0.15) is 0 Å². The number of hydrogen-bond acceptors (Lipinski definition) is 3. The van der Waals surface area contributed by atoms with Gasteiger partial charge < -0.3 is 5.73 Å². The first kappa shape index (κ1) is 18.0. The SMILES string of the molecule is Nc1c(Cl)cc(N2C(=O)[C@@H]3C4c5ccccc5C(c5ccccc54)[C@@H]3C2=O)cc1Cl. The zero-order chi connectivity index (χ0) is 20.7. The first-order valence-electron chi connectivity index (χ1n) is 9.79. The molecule has 1 saturated heterocycles. The van der Waals surface area contributed by atoms with Crippen LogP contribution < -0.4 is 10.6 Å². The number of nitrogens with two attached hydrogens (primary N) is 1. The zero-order valence-electron chi connectivity index (χ0n) is 15.7. The summed E-state index contributed by atoms with van der Waals surface area (Å²) in [5.41, 5.74) is 11.0. The number of anilines is 2. The van der Waals surface area contributed by atoms with Crippen LogP contribution in [0.25, 0.3) is 0 Å². The van der Waals surface area contributed by atoms with Gasteiger partial charge in [-0.1, -0.05) is 71.7 Å². The van der Waals surface area contributed by atoms with Gasteiger partial charge in [0.1, 0.15) is 0 Å². The minimum atomic E-state index is -0.442. The predicted octanol–water partition coefficient (Wildman–Crippen LogP) is 4.97. The second-order valence-electron chi connectivity index (χ2n) is 8.10. The first-order chi connectivity index (χ1) is 14.5. The minimum absolute atomic E-state index is 0.145. The largest absolute Gasteiger partial charge is 0.396 e. The third kappa shape index (κ3) is 2.13. The maximum absolute atomic E-state index is 13.7. The monoisotopic (exact) mass is 434 g/mol. The Balaban J connectivity index is 1.56. The van der Waals surface area contributed by atoms with E-state index in [1.165, 1.54) is 17.0 Å². The molecule has 1 heterocycles. The van der Waals surface area contributed by atoms with Gasteiger partial charge in [0.15, 0.2) is 0 Å². The normalized spacial score (nSPS) is 25.9. The van der Waals surface area contributed by atoms with E-state index in [1.807, 2.05) is 24.3 Å². The number of halogens is 2. The Morgan fingerprint density at radius 3 is 1.43 bits per heavy atom. The highest BCUT2D eigenvalue weighted by Gasteiger charge is 2.61. The summed E-state index contributed by atoms with van der Waals surface area (Å²) in [6.07, 6.45) is 0. The highest BCUT2D eigenvalue weighted by atomic mass is 35.5. The molecule has 148 valence electrons. The molecular weight excluding hydrogens is 419 g/mol. The summed E-state index contributed by atoms with van der Waals surface area (Å²) in [5.74, 6) is -1.59. The lowest BCUT2D eigenvalue weighted by atomic mass is 9.55. The van der Waals surface area contributed by atoms with Gasteiger partial charge in [0.2, 0.25) is 11.8 Å². The van der Waals surface area contributed by atoms with Crippen LogP contribution in [0.15, 0.2) is 60.7 Å². The van der Waals surface area contributed by atoms with Gasteiger partial charge in [-0.25, -0.2) is 4.90 Å². The molecule has 7 rings (SSSR count). The van der Waals surface area contributed by atoms with Crippen LogP contribution in [-0.2, 0) is 9.59 Å². The number of nitrogen functional groups attached to an aromatic ring is 1.